The van der Waals surface area contributed by atoms with Gasteiger partial charge in [-0.3, -0.25) is 31.1 Å². The minimum atomic E-state index is -0.586. The minimum absolute atomic E-state index is 0.00536. The fourth-order valence-electron chi connectivity index (χ4n) is 2.59. The van der Waals surface area contributed by atoms with Gasteiger partial charge in [-0.1, -0.05) is 0 Å². The maximum absolute atomic E-state index is 11.5. The van der Waals surface area contributed by atoms with Crippen LogP contribution in [0.2, 0.25) is 0 Å². The summed E-state index contributed by atoms with van der Waals surface area (Å²) in [5.74, 6) is 0.0432. The monoisotopic (exact) mass is 375 g/mol. The number of benzene rings is 1. The van der Waals surface area contributed by atoms with Crippen LogP contribution in [0.1, 0.15) is 12.8 Å². The van der Waals surface area contributed by atoms with Crippen LogP contribution in [-0.2, 0) is 4.74 Å². The fraction of sp³-hybridized carbons (Fsp3) is 0.333. The molecule has 1 atom stereocenters. The summed E-state index contributed by atoms with van der Waals surface area (Å²) in [5.41, 5.74) is 5.47. The van der Waals surface area contributed by atoms with Crippen LogP contribution >= 0.6 is 0 Å². The molecule has 2 heterocycles. The summed E-state index contributed by atoms with van der Waals surface area (Å²) in [6, 6.07) is 5.56. The predicted octanol–water partition coefficient (Wildman–Crippen LogP) is 2.32. The van der Waals surface area contributed by atoms with Crippen molar-refractivity contribution in [3.63, 3.8) is 0 Å². The van der Waals surface area contributed by atoms with Crippen molar-refractivity contribution in [2.75, 3.05) is 29.3 Å². The number of nitrogens with one attached hydrogen (secondary N) is 3. The van der Waals surface area contributed by atoms with Gasteiger partial charge in [0.05, 0.1) is 21.6 Å². The maximum Gasteiger partial charge on any atom is 0.354 e. The maximum atomic E-state index is 11.5. The molecule has 27 heavy (non-hydrogen) atoms. The molecule has 12 heteroatoms. The quantitative estimate of drug-likeness (QED) is 0.462. The van der Waals surface area contributed by atoms with E-state index in [2.05, 4.69) is 26.1 Å². The Labute approximate surface area is 153 Å². The van der Waals surface area contributed by atoms with E-state index in [1.165, 1.54) is 30.6 Å². The lowest BCUT2D eigenvalue weighted by Crippen LogP contribution is -2.20. The van der Waals surface area contributed by atoms with Crippen LogP contribution in [0.5, 0.6) is 0 Å². The largest absolute Gasteiger partial charge is 0.376 e. The van der Waals surface area contributed by atoms with Crippen LogP contribution in [0, 0.1) is 20.2 Å². The Morgan fingerprint density at radius 1 is 1.07 bits per heavy atom. The molecule has 3 N–H and O–H groups in total. The number of nitro benzene ring substituents is 1. The second-order valence-electron chi connectivity index (χ2n) is 5.75. The van der Waals surface area contributed by atoms with Crippen molar-refractivity contribution in [3.05, 3.63) is 50.8 Å². The number of hydrogen-bond donors (Lipinski definition) is 3. The number of nitro groups is 2. The van der Waals surface area contributed by atoms with E-state index >= 15 is 0 Å². The van der Waals surface area contributed by atoms with E-state index in [-0.39, 0.29) is 29.1 Å². The van der Waals surface area contributed by atoms with E-state index in [4.69, 9.17) is 4.74 Å². The molecular formula is C15H17N7O5. The summed E-state index contributed by atoms with van der Waals surface area (Å²) in [6.45, 7) is 1.09. The highest BCUT2D eigenvalue weighted by molar-refractivity contribution is 5.70. The zero-order chi connectivity index (χ0) is 19.2. The van der Waals surface area contributed by atoms with E-state index < -0.39 is 9.85 Å². The zero-order valence-corrected chi connectivity index (χ0v) is 14.1. The van der Waals surface area contributed by atoms with Crippen molar-refractivity contribution < 1.29 is 14.6 Å². The molecule has 1 aromatic heterocycles. The number of anilines is 3. The molecule has 1 aromatic carbocycles. The number of hydrazine groups is 1. The SMILES string of the molecule is O=[N+]([O-])c1ccc(NNc2ncnc(NCC3CCCO3)c2[N+](=O)[O-])cc1. The Bertz CT molecular complexity index is 824. The Balaban J connectivity index is 1.71. The van der Waals surface area contributed by atoms with E-state index in [1.54, 1.807) is 0 Å². The Hall–Kier alpha value is -3.54. The Morgan fingerprint density at radius 3 is 2.44 bits per heavy atom. The lowest BCUT2D eigenvalue weighted by molar-refractivity contribution is -0.384. The summed E-state index contributed by atoms with van der Waals surface area (Å²) in [6.07, 6.45) is 3.04. The van der Waals surface area contributed by atoms with Crippen LogP contribution < -0.4 is 16.2 Å². The molecule has 3 rings (SSSR count). The first-order chi connectivity index (χ1) is 13.0. The third-order valence-electron chi connectivity index (χ3n) is 3.93. The van der Waals surface area contributed by atoms with Gasteiger partial charge in [-0.25, -0.2) is 9.97 Å². The predicted molar refractivity (Wildman–Crippen MR) is 96.5 cm³/mol. The third-order valence-corrected chi connectivity index (χ3v) is 3.93. The average Bonchev–Trinajstić information content (AvgIpc) is 3.18. The number of nitrogens with zero attached hydrogens (tertiary/aromatic N) is 4. The van der Waals surface area contributed by atoms with Gasteiger partial charge >= 0.3 is 5.69 Å². The van der Waals surface area contributed by atoms with Crippen molar-refractivity contribution in [2.45, 2.75) is 18.9 Å². The van der Waals surface area contributed by atoms with Gasteiger partial charge in [-0.15, -0.1) is 0 Å². The Morgan fingerprint density at radius 2 is 1.81 bits per heavy atom. The van der Waals surface area contributed by atoms with E-state index in [1.807, 2.05) is 0 Å². The van der Waals surface area contributed by atoms with Crippen molar-refractivity contribution >= 4 is 28.7 Å². The molecule has 142 valence electrons. The third kappa shape index (κ3) is 4.55. The lowest BCUT2D eigenvalue weighted by atomic mass is 10.2. The van der Waals surface area contributed by atoms with Gasteiger partial charge in [0, 0.05) is 25.3 Å². The number of rotatable bonds is 8. The molecule has 0 saturated carbocycles. The standard InChI is InChI=1S/C15H17N7O5/c23-21(24)11-5-3-10(4-6-11)19-20-15-13(22(25)26)14(17-9-18-15)16-8-12-2-1-7-27-12/h3-6,9,12,19H,1-2,7-8H2,(H2,16,17,18,20). The lowest BCUT2D eigenvalue weighted by Gasteiger charge is -2.13. The number of ether oxygens (including phenoxy) is 1. The molecule has 1 fully saturated rings. The van der Waals surface area contributed by atoms with Crippen LogP contribution in [-0.4, -0.2) is 39.1 Å². The summed E-state index contributed by atoms with van der Waals surface area (Å²) in [7, 11) is 0. The van der Waals surface area contributed by atoms with Crippen molar-refractivity contribution in [1.82, 2.24) is 9.97 Å². The second kappa shape index (κ2) is 8.23. The molecule has 0 bridgehead atoms. The number of aromatic nitrogens is 2. The highest BCUT2D eigenvalue weighted by atomic mass is 16.6. The van der Waals surface area contributed by atoms with Crippen LogP contribution in [0.3, 0.4) is 0 Å². The molecule has 1 unspecified atom stereocenters. The smallest absolute Gasteiger partial charge is 0.354 e. The minimum Gasteiger partial charge on any atom is -0.376 e. The molecule has 1 aliphatic heterocycles. The molecule has 1 aliphatic rings. The van der Waals surface area contributed by atoms with Gasteiger partial charge < -0.3 is 10.1 Å². The summed E-state index contributed by atoms with van der Waals surface area (Å²) >= 11 is 0. The second-order valence-corrected chi connectivity index (χ2v) is 5.75. The zero-order valence-electron chi connectivity index (χ0n) is 14.1. The topological polar surface area (TPSA) is 157 Å². The van der Waals surface area contributed by atoms with E-state index in [0.29, 0.717) is 18.8 Å². The van der Waals surface area contributed by atoms with E-state index in [9.17, 15) is 20.2 Å². The van der Waals surface area contributed by atoms with Crippen LogP contribution in [0.25, 0.3) is 0 Å². The highest BCUT2D eigenvalue weighted by Crippen LogP contribution is 2.29. The number of non-ortho nitro benzene ring substituents is 1. The average molecular weight is 375 g/mol. The molecule has 1 saturated heterocycles. The fourth-order valence-corrected chi connectivity index (χ4v) is 2.59. The first-order valence-corrected chi connectivity index (χ1v) is 8.16. The highest BCUT2D eigenvalue weighted by Gasteiger charge is 2.24. The van der Waals surface area contributed by atoms with Gasteiger partial charge in [-0.05, 0) is 25.0 Å². The Kier molecular flexibility index (Phi) is 5.56. The normalized spacial score (nSPS) is 15.9. The van der Waals surface area contributed by atoms with Crippen molar-refractivity contribution in [1.29, 1.82) is 0 Å². The number of hydrogen-bond acceptors (Lipinski definition) is 10. The molecule has 12 nitrogen and oxygen atoms in total. The first kappa shape index (κ1) is 18.3. The van der Waals surface area contributed by atoms with Gasteiger partial charge in [0.25, 0.3) is 5.69 Å². The summed E-state index contributed by atoms with van der Waals surface area (Å²) in [5, 5.41) is 25.1. The molecule has 0 radical (unpaired) electrons. The first-order valence-electron chi connectivity index (χ1n) is 8.16. The summed E-state index contributed by atoms with van der Waals surface area (Å²) in [4.78, 5) is 28.9. The van der Waals surface area contributed by atoms with Gasteiger partial charge in [0.1, 0.15) is 6.33 Å². The van der Waals surface area contributed by atoms with Crippen molar-refractivity contribution in [3.8, 4) is 0 Å². The van der Waals surface area contributed by atoms with Crippen molar-refractivity contribution in [2.24, 2.45) is 0 Å². The van der Waals surface area contributed by atoms with Gasteiger partial charge in [0.15, 0.2) is 0 Å². The summed E-state index contributed by atoms with van der Waals surface area (Å²) < 4.78 is 5.49. The van der Waals surface area contributed by atoms with Gasteiger partial charge in [0.2, 0.25) is 11.6 Å². The molecule has 0 amide bonds. The van der Waals surface area contributed by atoms with Gasteiger partial charge in [-0.2, -0.15) is 0 Å². The van der Waals surface area contributed by atoms with Crippen LogP contribution in [0.4, 0.5) is 28.7 Å². The van der Waals surface area contributed by atoms with E-state index in [0.717, 1.165) is 12.8 Å². The molecular weight excluding hydrogens is 358 g/mol. The molecule has 0 spiro atoms. The van der Waals surface area contributed by atoms with Crippen LogP contribution in [0.15, 0.2) is 30.6 Å². The molecule has 2 aromatic rings. The molecule has 0 aliphatic carbocycles.